The summed E-state index contributed by atoms with van der Waals surface area (Å²) in [6, 6.07) is 2.72. The van der Waals surface area contributed by atoms with Gasteiger partial charge in [-0.1, -0.05) is 6.07 Å². The number of nitrogens with zero attached hydrogens (tertiary/aromatic N) is 3. The summed E-state index contributed by atoms with van der Waals surface area (Å²) in [4.78, 5) is 30.1. The molecule has 1 atom stereocenters. The van der Waals surface area contributed by atoms with Crippen LogP contribution in [0.2, 0.25) is 0 Å². The Bertz CT molecular complexity index is 720. The lowest BCUT2D eigenvalue weighted by molar-refractivity contribution is -0.118. The SMILES string of the molecule is CN(CCCO)C1CCN(C(=O)NC2CCN(c3c(F)cccc3F)C2=O)CC1. The molecule has 2 aliphatic rings. The molecule has 2 aliphatic heterocycles. The van der Waals surface area contributed by atoms with Crippen molar-refractivity contribution in [1.29, 1.82) is 0 Å². The van der Waals surface area contributed by atoms with Crippen LogP contribution in [-0.2, 0) is 4.79 Å². The number of likely N-dealkylation sites (tertiary alicyclic amines) is 1. The molecule has 2 saturated heterocycles. The minimum absolute atomic E-state index is 0.152. The molecule has 2 fully saturated rings. The van der Waals surface area contributed by atoms with E-state index in [-0.39, 0.29) is 24.9 Å². The molecule has 3 rings (SSSR count). The summed E-state index contributed by atoms with van der Waals surface area (Å²) >= 11 is 0. The smallest absolute Gasteiger partial charge is 0.318 e. The van der Waals surface area contributed by atoms with Crippen LogP contribution in [-0.4, -0.2) is 78.8 Å². The lowest BCUT2D eigenvalue weighted by Crippen LogP contribution is -2.52. The van der Waals surface area contributed by atoms with Crippen molar-refractivity contribution in [2.75, 3.05) is 44.7 Å². The molecule has 2 N–H and O–H groups in total. The Morgan fingerprint density at radius 1 is 1.21 bits per heavy atom. The molecular formula is C20H28F2N4O3. The average molecular weight is 410 g/mol. The fourth-order valence-electron chi connectivity index (χ4n) is 4.04. The van der Waals surface area contributed by atoms with E-state index in [9.17, 15) is 18.4 Å². The van der Waals surface area contributed by atoms with E-state index >= 15 is 0 Å². The molecule has 9 heteroatoms. The number of benzene rings is 1. The minimum Gasteiger partial charge on any atom is -0.396 e. The van der Waals surface area contributed by atoms with E-state index in [1.165, 1.54) is 6.07 Å². The Morgan fingerprint density at radius 2 is 1.86 bits per heavy atom. The summed E-state index contributed by atoms with van der Waals surface area (Å²) in [5.74, 6) is -2.09. The van der Waals surface area contributed by atoms with Crippen LogP contribution in [0.15, 0.2) is 18.2 Å². The molecule has 2 heterocycles. The van der Waals surface area contributed by atoms with Crippen LogP contribution in [0.1, 0.15) is 25.7 Å². The van der Waals surface area contributed by atoms with E-state index in [1.54, 1.807) is 4.90 Å². The topological polar surface area (TPSA) is 76.1 Å². The van der Waals surface area contributed by atoms with Crippen LogP contribution in [0, 0.1) is 11.6 Å². The third kappa shape index (κ3) is 4.84. The molecule has 29 heavy (non-hydrogen) atoms. The van der Waals surface area contributed by atoms with Crippen LogP contribution in [0.5, 0.6) is 0 Å². The molecule has 1 unspecified atom stereocenters. The van der Waals surface area contributed by atoms with Crippen molar-refractivity contribution in [2.24, 2.45) is 0 Å². The normalized spacial score (nSPS) is 20.6. The molecule has 3 amide bonds. The standard InChI is InChI=1S/C20H28F2N4O3/c1-24(9-3-13-27)14-6-10-25(11-7-14)20(29)23-17-8-12-26(19(17)28)18-15(21)4-2-5-16(18)22/h2,4-5,14,17,27H,3,6-13H2,1H3,(H,23,29). The van der Waals surface area contributed by atoms with E-state index in [1.807, 2.05) is 7.05 Å². The zero-order chi connectivity index (χ0) is 21.0. The third-order valence-electron chi connectivity index (χ3n) is 5.75. The minimum atomic E-state index is -0.794. The highest BCUT2D eigenvalue weighted by molar-refractivity contribution is 6.01. The van der Waals surface area contributed by atoms with Gasteiger partial charge in [0.1, 0.15) is 23.4 Å². The second kappa shape index (κ2) is 9.49. The van der Waals surface area contributed by atoms with Gasteiger partial charge in [-0.25, -0.2) is 13.6 Å². The van der Waals surface area contributed by atoms with Gasteiger partial charge in [0.05, 0.1) is 0 Å². The summed E-state index contributed by atoms with van der Waals surface area (Å²) in [7, 11) is 2.02. The number of hydrogen-bond acceptors (Lipinski definition) is 4. The number of halogens is 2. The van der Waals surface area contributed by atoms with Gasteiger partial charge >= 0.3 is 6.03 Å². The lowest BCUT2D eigenvalue weighted by Gasteiger charge is -2.37. The van der Waals surface area contributed by atoms with Crippen molar-refractivity contribution < 1.29 is 23.5 Å². The maximum Gasteiger partial charge on any atom is 0.318 e. The number of amides is 3. The van der Waals surface area contributed by atoms with Gasteiger partial charge in [0.15, 0.2) is 0 Å². The van der Waals surface area contributed by atoms with Gasteiger partial charge in [-0.2, -0.15) is 0 Å². The van der Waals surface area contributed by atoms with Gasteiger partial charge < -0.3 is 25.1 Å². The second-order valence-electron chi connectivity index (χ2n) is 7.63. The Morgan fingerprint density at radius 3 is 2.48 bits per heavy atom. The van der Waals surface area contributed by atoms with Crippen molar-refractivity contribution in [3.63, 3.8) is 0 Å². The number of rotatable bonds is 6. The van der Waals surface area contributed by atoms with Gasteiger partial charge in [-0.3, -0.25) is 4.79 Å². The van der Waals surface area contributed by atoms with Crippen LogP contribution in [0.25, 0.3) is 0 Å². The Balaban J connectivity index is 1.52. The van der Waals surface area contributed by atoms with Crippen molar-refractivity contribution in [3.05, 3.63) is 29.8 Å². The second-order valence-corrected chi connectivity index (χ2v) is 7.63. The molecule has 1 aromatic rings. The number of hydrogen-bond donors (Lipinski definition) is 2. The van der Waals surface area contributed by atoms with Gasteiger partial charge in [0, 0.05) is 38.8 Å². The Kier molecular flexibility index (Phi) is 7.02. The molecule has 7 nitrogen and oxygen atoms in total. The predicted molar refractivity (Wildman–Crippen MR) is 105 cm³/mol. The molecular weight excluding hydrogens is 382 g/mol. The van der Waals surface area contributed by atoms with E-state index in [2.05, 4.69) is 10.2 Å². The van der Waals surface area contributed by atoms with Crippen molar-refractivity contribution in [2.45, 2.75) is 37.8 Å². The monoisotopic (exact) mass is 410 g/mol. The average Bonchev–Trinajstić information content (AvgIpc) is 3.06. The quantitative estimate of drug-likeness (QED) is 0.746. The van der Waals surface area contributed by atoms with Gasteiger partial charge in [0.2, 0.25) is 5.91 Å². The fraction of sp³-hybridized carbons (Fsp3) is 0.600. The van der Waals surface area contributed by atoms with Gasteiger partial charge in [-0.05, 0) is 44.9 Å². The highest BCUT2D eigenvalue weighted by Crippen LogP contribution is 2.27. The first-order chi connectivity index (χ1) is 13.9. The molecule has 0 aromatic heterocycles. The zero-order valence-electron chi connectivity index (χ0n) is 16.6. The maximum atomic E-state index is 14.0. The molecule has 0 bridgehead atoms. The first-order valence-corrected chi connectivity index (χ1v) is 10.0. The van der Waals surface area contributed by atoms with Gasteiger partial charge in [0.25, 0.3) is 0 Å². The Hall–Kier alpha value is -2.26. The lowest BCUT2D eigenvalue weighted by atomic mass is 10.0. The number of aliphatic hydroxyl groups excluding tert-OH is 1. The number of para-hydroxylation sites is 1. The number of urea groups is 1. The first kappa shape index (κ1) is 21.4. The molecule has 0 aliphatic carbocycles. The third-order valence-corrected chi connectivity index (χ3v) is 5.75. The van der Waals surface area contributed by atoms with Crippen LogP contribution < -0.4 is 10.2 Å². The van der Waals surface area contributed by atoms with Gasteiger partial charge in [-0.15, -0.1) is 0 Å². The summed E-state index contributed by atoms with van der Waals surface area (Å²) in [5.41, 5.74) is -0.360. The number of carbonyl (C=O) groups is 2. The fourth-order valence-corrected chi connectivity index (χ4v) is 4.04. The number of piperidine rings is 1. The highest BCUT2D eigenvalue weighted by atomic mass is 19.1. The Labute approximate surface area is 169 Å². The van der Waals surface area contributed by atoms with E-state index in [0.717, 1.165) is 42.8 Å². The van der Waals surface area contributed by atoms with Crippen molar-refractivity contribution >= 4 is 17.6 Å². The van der Waals surface area contributed by atoms with Crippen LogP contribution in [0.3, 0.4) is 0 Å². The summed E-state index contributed by atoms with van der Waals surface area (Å²) in [6.45, 7) is 2.28. The zero-order valence-corrected chi connectivity index (χ0v) is 16.6. The summed E-state index contributed by atoms with van der Waals surface area (Å²) in [6.07, 6.45) is 2.67. The number of aliphatic hydroxyl groups is 1. The summed E-state index contributed by atoms with van der Waals surface area (Å²) < 4.78 is 28.0. The maximum absolute atomic E-state index is 14.0. The number of nitrogens with one attached hydrogen (secondary N) is 1. The highest BCUT2D eigenvalue weighted by Gasteiger charge is 2.37. The molecule has 160 valence electrons. The number of carbonyl (C=O) groups excluding carboxylic acids is 2. The van der Waals surface area contributed by atoms with E-state index in [0.29, 0.717) is 25.6 Å². The number of anilines is 1. The molecule has 1 aromatic carbocycles. The first-order valence-electron chi connectivity index (χ1n) is 10.0. The predicted octanol–water partition coefficient (Wildman–Crippen LogP) is 1.56. The van der Waals surface area contributed by atoms with Crippen molar-refractivity contribution in [1.82, 2.24) is 15.1 Å². The summed E-state index contributed by atoms with van der Waals surface area (Å²) in [5, 5.41) is 11.7. The largest absolute Gasteiger partial charge is 0.396 e. The molecule has 0 spiro atoms. The van der Waals surface area contributed by atoms with Crippen LogP contribution >= 0.6 is 0 Å². The van der Waals surface area contributed by atoms with Crippen molar-refractivity contribution in [3.8, 4) is 0 Å². The molecule has 0 radical (unpaired) electrons. The van der Waals surface area contributed by atoms with E-state index in [4.69, 9.17) is 5.11 Å². The molecule has 0 saturated carbocycles. The van der Waals surface area contributed by atoms with Crippen LogP contribution in [0.4, 0.5) is 19.3 Å². The van der Waals surface area contributed by atoms with E-state index < -0.39 is 23.6 Å².